The Morgan fingerprint density at radius 3 is 2.75 bits per heavy atom. The maximum Gasteiger partial charge on any atom is 0.326 e. The molecule has 0 radical (unpaired) electrons. The molecule has 0 saturated heterocycles. The second-order valence-corrected chi connectivity index (χ2v) is 4.71. The van der Waals surface area contributed by atoms with Gasteiger partial charge in [-0.25, -0.2) is 4.79 Å². The monoisotopic (exact) mass is 268 g/mol. The van der Waals surface area contributed by atoms with Gasteiger partial charge in [-0.3, -0.25) is 4.90 Å². The number of para-hydroxylation sites is 3. The molecule has 0 aliphatic carbocycles. The lowest BCUT2D eigenvalue weighted by Crippen LogP contribution is -2.40. The summed E-state index contributed by atoms with van der Waals surface area (Å²) in [6.07, 6.45) is 0. The van der Waals surface area contributed by atoms with Gasteiger partial charge in [0.25, 0.3) is 0 Å². The Labute approximate surface area is 118 Å². The number of carbonyl (C=O) groups excluding carboxylic acids is 1. The van der Waals surface area contributed by atoms with Crippen LogP contribution >= 0.6 is 0 Å². The van der Waals surface area contributed by atoms with E-state index in [0.717, 1.165) is 22.7 Å². The normalized spacial score (nSPS) is 13.3. The van der Waals surface area contributed by atoms with Crippen molar-refractivity contribution in [3.8, 4) is 5.75 Å². The van der Waals surface area contributed by atoms with Gasteiger partial charge in [-0.2, -0.15) is 0 Å². The van der Waals surface area contributed by atoms with Gasteiger partial charge in [-0.15, -0.1) is 0 Å². The Bertz CT molecular complexity index is 640. The minimum absolute atomic E-state index is 0.130. The molecule has 3 rings (SSSR count). The standard InChI is InChI=1S/C16H16N2O2/c1-12-6-2-3-7-13(12)17-16(19)18-10-11-20-15-9-5-4-8-14(15)18/h2-9H,10-11H2,1H3,(H,17,19). The van der Waals surface area contributed by atoms with Gasteiger partial charge in [0.2, 0.25) is 0 Å². The summed E-state index contributed by atoms with van der Waals surface area (Å²) in [5, 5.41) is 2.95. The number of carbonyl (C=O) groups is 1. The van der Waals surface area contributed by atoms with Gasteiger partial charge in [0.05, 0.1) is 12.2 Å². The van der Waals surface area contributed by atoms with E-state index < -0.39 is 0 Å². The van der Waals surface area contributed by atoms with Crippen LogP contribution in [0.5, 0.6) is 5.75 Å². The molecule has 4 heteroatoms. The van der Waals surface area contributed by atoms with Crippen LogP contribution < -0.4 is 15.0 Å². The summed E-state index contributed by atoms with van der Waals surface area (Å²) in [5.74, 6) is 0.749. The number of rotatable bonds is 1. The molecule has 0 bridgehead atoms. The second-order valence-electron chi connectivity index (χ2n) is 4.71. The van der Waals surface area contributed by atoms with Crippen molar-refractivity contribution in [3.05, 3.63) is 54.1 Å². The van der Waals surface area contributed by atoms with Gasteiger partial charge in [-0.1, -0.05) is 30.3 Å². The maximum absolute atomic E-state index is 12.4. The first-order chi connectivity index (χ1) is 9.75. The first kappa shape index (κ1) is 12.5. The number of urea groups is 1. The molecule has 1 heterocycles. The summed E-state index contributed by atoms with van der Waals surface area (Å²) in [5.41, 5.74) is 2.69. The fraction of sp³-hybridized carbons (Fsp3) is 0.188. The molecule has 1 aliphatic heterocycles. The van der Waals surface area contributed by atoms with Crippen LogP contribution in [0.15, 0.2) is 48.5 Å². The Morgan fingerprint density at radius 1 is 1.15 bits per heavy atom. The fourth-order valence-electron chi connectivity index (χ4n) is 2.28. The summed E-state index contributed by atoms with van der Waals surface area (Å²) in [6, 6.07) is 15.2. The smallest absolute Gasteiger partial charge is 0.326 e. The number of ether oxygens (including phenoxy) is 1. The number of nitrogens with zero attached hydrogens (tertiary/aromatic N) is 1. The molecule has 0 unspecified atom stereocenters. The Morgan fingerprint density at radius 2 is 1.90 bits per heavy atom. The summed E-state index contributed by atoms with van der Waals surface area (Å²) >= 11 is 0. The van der Waals surface area contributed by atoms with Crippen LogP contribution in [0.25, 0.3) is 0 Å². The van der Waals surface area contributed by atoms with Gasteiger partial charge in [0.15, 0.2) is 0 Å². The third-order valence-corrected chi connectivity index (χ3v) is 3.36. The molecule has 2 amide bonds. The number of nitrogens with one attached hydrogen (secondary N) is 1. The number of fused-ring (bicyclic) bond motifs is 1. The summed E-state index contributed by atoms with van der Waals surface area (Å²) in [6.45, 7) is 3.04. The van der Waals surface area contributed by atoms with E-state index in [4.69, 9.17) is 4.74 Å². The van der Waals surface area contributed by atoms with E-state index in [1.165, 1.54) is 0 Å². The number of hydrogen-bond donors (Lipinski definition) is 1. The van der Waals surface area contributed by atoms with Crippen molar-refractivity contribution in [3.63, 3.8) is 0 Å². The highest BCUT2D eigenvalue weighted by Gasteiger charge is 2.23. The maximum atomic E-state index is 12.4. The topological polar surface area (TPSA) is 41.6 Å². The molecule has 2 aromatic carbocycles. The molecular weight excluding hydrogens is 252 g/mol. The third-order valence-electron chi connectivity index (χ3n) is 3.36. The quantitative estimate of drug-likeness (QED) is 0.861. The van der Waals surface area contributed by atoms with E-state index in [1.807, 2.05) is 55.5 Å². The lowest BCUT2D eigenvalue weighted by molar-refractivity contribution is 0.250. The first-order valence-corrected chi connectivity index (χ1v) is 6.62. The van der Waals surface area contributed by atoms with Crippen LogP contribution in [0, 0.1) is 6.92 Å². The minimum Gasteiger partial charge on any atom is -0.490 e. The molecular formula is C16H16N2O2. The molecule has 0 aromatic heterocycles. The second kappa shape index (κ2) is 5.25. The SMILES string of the molecule is Cc1ccccc1NC(=O)N1CCOc2ccccc21. The number of aryl methyl sites for hydroxylation is 1. The van der Waals surface area contributed by atoms with Crippen LogP contribution in [0.4, 0.5) is 16.2 Å². The van der Waals surface area contributed by atoms with E-state index >= 15 is 0 Å². The van der Waals surface area contributed by atoms with Crippen LogP contribution in [0.2, 0.25) is 0 Å². The van der Waals surface area contributed by atoms with Gasteiger partial charge >= 0.3 is 6.03 Å². The van der Waals surface area contributed by atoms with Gasteiger partial charge in [-0.05, 0) is 30.7 Å². The van der Waals surface area contributed by atoms with Crippen LogP contribution in [0.3, 0.4) is 0 Å². The van der Waals surface area contributed by atoms with E-state index in [0.29, 0.717) is 13.2 Å². The molecule has 20 heavy (non-hydrogen) atoms. The number of anilines is 2. The highest BCUT2D eigenvalue weighted by molar-refractivity contribution is 6.03. The van der Waals surface area contributed by atoms with E-state index in [-0.39, 0.29) is 6.03 Å². The summed E-state index contributed by atoms with van der Waals surface area (Å²) in [4.78, 5) is 14.2. The summed E-state index contributed by atoms with van der Waals surface area (Å²) in [7, 11) is 0. The highest BCUT2D eigenvalue weighted by Crippen LogP contribution is 2.31. The van der Waals surface area contributed by atoms with Crippen molar-refractivity contribution < 1.29 is 9.53 Å². The van der Waals surface area contributed by atoms with Crippen molar-refractivity contribution in [2.45, 2.75) is 6.92 Å². The van der Waals surface area contributed by atoms with Crippen LogP contribution in [-0.4, -0.2) is 19.2 Å². The van der Waals surface area contributed by atoms with Crippen LogP contribution in [0.1, 0.15) is 5.56 Å². The molecule has 0 spiro atoms. The van der Waals surface area contributed by atoms with E-state index in [1.54, 1.807) is 4.90 Å². The number of hydrogen-bond acceptors (Lipinski definition) is 2. The Kier molecular flexibility index (Phi) is 3.29. The van der Waals surface area contributed by atoms with Crippen molar-refractivity contribution in [2.75, 3.05) is 23.4 Å². The number of benzene rings is 2. The zero-order chi connectivity index (χ0) is 13.9. The van der Waals surface area contributed by atoms with E-state index in [9.17, 15) is 4.79 Å². The predicted octanol–water partition coefficient (Wildman–Crippen LogP) is 3.43. The Balaban J connectivity index is 1.84. The fourth-order valence-corrected chi connectivity index (χ4v) is 2.28. The minimum atomic E-state index is -0.130. The van der Waals surface area contributed by atoms with Crippen molar-refractivity contribution in [1.82, 2.24) is 0 Å². The van der Waals surface area contributed by atoms with Crippen molar-refractivity contribution in [1.29, 1.82) is 0 Å². The predicted molar refractivity (Wildman–Crippen MR) is 79.5 cm³/mol. The lowest BCUT2D eigenvalue weighted by Gasteiger charge is -2.29. The lowest BCUT2D eigenvalue weighted by atomic mass is 10.2. The van der Waals surface area contributed by atoms with Gasteiger partial charge < -0.3 is 10.1 Å². The Hall–Kier alpha value is -2.49. The number of amides is 2. The summed E-state index contributed by atoms with van der Waals surface area (Å²) < 4.78 is 5.56. The van der Waals surface area contributed by atoms with Crippen LogP contribution in [-0.2, 0) is 0 Å². The third kappa shape index (κ3) is 2.32. The van der Waals surface area contributed by atoms with Gasteiger partial charge in [0, 0.05) is 5.69 Å². The highest BCUT2D eigenvalue weighted by atomic mass is 16.5. The van der Waals surface area contributed by atoms with Crippen molar-refractivity contribution in [2.24, 2.45) is 0 Å². The zero-order valence-corrected chi connectivity index (χ0v) is 11.3. The molecule has 0 atom stereocenters. The van der Waals surface area contributed by atoms with E-state index in [2.05, 4.69) is 5.32 Å². The molecule has 0 saturated carbocycles. The average molecular weight is 268 g/mol. The zero-order valence-electron chi connectivity index (χ0n) is 11.3. The van der Waals surface area contributed by atoms with Crippen molar-refractivity contribution >= 4 is 17.4 Å². The molecule has 4 nitrogen and oxygen atoms in total. The molecule has 0 fully saturated rings. The molecule has 1 aliphatic rings. The first-order valence-electron chi connectivity index (χ1n) is 6.62. The molecule has 102 valence electrons. The molecule has 2 aromatic rings. The van der Waals surface area contributed by atoms with Gasteiger partial charge in [0.1, 0.15) is 12.4 Å². The largest absolute Gasteiger partial charge is 0.490 e. The average Bonchev–Trinajstić information content (AvgIpc) is 2.49. The molecule has 1 N–H and O–H groups in total.